The van der Waals surface area contributed by atoms with Gasteiger partial charge in [0.15, 0.2) is 5.78 Å². The van der Waals surface area contributed by atoms with Gasteiger partial charge in [-0.15, -0.1) is 0 Å². The minimum absolute atomic E-state index is 0.0145. The summed E-state index contributed by atoms with van der Waals surface area (Å²) in [6.07, 6.45) is 0. The quantitative estimate of drug-likeness (QED) is 0.453. The molecule has 0 N–H and O–H groups in total. The van der Waals surface area contributed by atoms with Gasteiger partial charge in [-0.05, 0) is 48.0 Å². The van der Waals surface area contributed by atoms with E-state index in [0.717, 1.165) is 0 Å². The van der Waals surface area contributed by atoms with Crippen molar-refractivity contribution in [2.24, 2.45) is 0 Å². The van der Waals surface area contributed by atoms with E-state index in [-0.39, 0.29) is 33.1 Å². The molecule has 8 heteroatoms. The summed E-state index contributed by atoms with van der Waals surface area (Å²) in [7, 11) is -2.66. The molecule has 0 atom stereocenters. The van der Waals surface area contributed by atoms with Gasteiger partial charge in [-0.3, -0.25) is 4.79 Å². The van der Waals surface area contributed by atoms with E-state index in [1.807, 2.05) is 0 Å². The molecule has 1 aliphatic heterocycles. The minimum atomic E-state index is -3.95. The Kier molecular flexibility index (Phi) is 5.16. The molecular formula is C23H16O7S. The smallest absolute Gasteiger partial charge is 0.338 e. The second-order valence-electron chi connectivity index (χ2n) is 6.80. The predicted molar refractivity (Wildman–Crippen MR) is 109 cm³/mol. The molecule has 1 aliphatic rings. The number of ether oxygens (including phenoxy) is 2. The molecule has 3 aromatic carbocycles. The third kappa shape index (κ3) is 3.62. The monoisotopic (exact) mass is 436 g/mol. The Morgan fingerprint density at radius 3 is 2.16 bits per heavy atom. The van der Waals surface area contributed by atoms with Crippen molar-refractivity contribution in [1.82, 2.24) is 0 Å². The van der Waals surface area contributed by atoms with Crippen LogP contribution < -0.4 is 0 Å². The summed E-state index contributed by atoms with van der Waals surface area (Å²) < 4.78 is 35.8. The van der Waals surface area contributed by atoms with Crippen LogP contribution in [0.25, 0.3) is 0 Å². The second-order valence-corrected chi connectivity index (χ2v) is 8.69. The van der Waals surface area contributed by atoms with Crippen molar-refractivity contribution in [2.45, 2.75) is 16.4 Å². The Bertz CT molecular complexity index is 1320. The Hall–Kier alpha value is -3.78. The summed E-state index contributed by atoms with van der Waals surface area (Å²) in [6.45, 7) is -0.0775. The molecular weight excluding hydrogens is 420 g/mol. The number of carbonyl (C=O) groups excluding carboxylic acids is 3. The van der Waals surface area contributed by atoms with Crippen molar-refractivity contribution in [3.63, 3.8) is 0 Å². The highest BCUT2D eigenvalue weighted by molar-refractivity contribution is 7.91. The Morgan fingerprint density at radius 1 is 0.806 bits per heavy atom. The van der Waals surface area contributed by atoms with Crippen LogP contribution in [-0.4, -0.2) is 33.2 Å². The SMILES string of the molecule is COC(=O)c1ccc(COC(=O)c2ccc3c(c2)S(=O)(=O)c2ccccc2C3=O)cc1. The molecule has 3 aromatic rings. The van der Waals surface area contributed by atoms with E-state index in [1.54, 1.807) is 30.3 Å². The molecule has 0 radical (unpaired) electrons. The lowest BCUT2D eigenvalue weighted by Gasteiger charge is -2.19. The fraction of sp³-hybridized carbons (Fsp3) is 0.0870. The lowest BCUT2D eigenvalue weighted by Crippen LogP contribution is -2.21. The zero-order valence-corrected chi connectivity index (χ0v) is 17.1. The van der Waals surface area contributed by atoms with Gasteiger partial charge >= 0.3 is 11.9 Å². The molecule has 0 spiro atoms. The van der Waals surface area contributed by atoms with E-state index >= 15 is 0 Å². The molecule has 0 saturated heterocycles. The van der Waals surface area contributed by atoms with Crippen molar-refractivity contribution in [3.05, 3.63) is 94.5 Å². The first-order valence-electron chi connectivity index (χ1n) is 9.20. The van der Waals surface area contributed by atoms with Crippen LogP contribution in [0.4, 0.5) is 0 Å². The summed E-state index contributed by atoms with van der Waals surface area (Å²) >= 11 is 0. The summed E-state index contributed by atoms with van der Waals surface area (Å²) in [6, 6.07) is 16.2. The number of methoxy groups -OCH3 is 1. The molecule has 31 heavy (non-hydrogen) atoms. The molecule has 0 saturated carbocycles. The Labute approximate surface area is 178 Å². The summed E-state index contributed by atoms with van der Waals surface area (Å²) in [4.78, 5) is 36.3. The highest BCUT2D eigenvalue weighted by Gasteiger charge is 2.35. The van der Waals surface area contributed by atoms with Gasteiger partial charge < -0.3 is 9.47 Å². The number of ketones is 1. The maximum atomic E-state index is 13.0. The van der Waals surface area contributed by atoms with E-state index in [4.69, 9.17) is 4.74 Å². The van der Waals surface area contributed by atoms with Crippen LogP contribution in [0.1, 0.15) is 42.2 Å². The van der Waals surface area contributed by atoms with Gasteiger partial charge in [-0.25, -0.2) is 18.0 Å². The van der Waals surface area contributed by atoms with E-state index < -0.39 is 27.6 Å². The van der Waals surface area contributed by atoms with E-state index in [2.05, 4.69) is 4.74 Å². The third-order valence-electron chi connectivity index (χ3n) is 4.92. The van der Waals surface area contributed by atoms with Crippen molar-refractivity contribution >= 4 is 27.6 Å². The van der Waals surface area contributed by atoms with Gasteiger partial charge in [-0.1, -0.05) is 24.3 Å². The molecule has 4 rings (SSSR count). The maximum Gasteiger partial charge on any atom is 0.338 e. The third-order valence-corrected chi connectivity index (χ3v) is 6.77. The molecule has 0 aromatic heterocycles. The number of hydrogen-bond acceptors (Lipinski definition) is 7. The van der Waals surface area contributed by atoms with Crippen LogP contribution in [0.5, 0.6) is 0 Å². The van der Waals surface area contributed by atoms with Crippen molar-refractivity contribution < 1.29 is 32.3 Å². The standard InChI is InChI=1S/C23H16O7S/c1-29-22(25)15-8-6-14(7-9-15)13-30-23(26)16-10-11-18-20(12-16)31(27,28)19-5-3-2-4-17(19)21(18)24/h2-12H,13H2,1H3. The predicted octanol–water partition coefficient (Wildman–Crippen LogP) is 3.21. The number of esters is 2. The number of fused-ring (bicyclic) bond motifs is 2. The van der Waals surface area contributed by atoms with Gasteiger partial charge in [0, 0.05) is 11.1 Å². The molecule has 0 aliphatic carbocycles. The van der Waals surface area contributed by atoms with Crippen LogP contribution in [0.2, 0.25) is 0 Å². The fourth-order valence-electron chi connectivity index (χ4n) is 3.30. The lowest BCUT2D eigenvalue weighted by atomic mass is 10.0. The van der Waals surface area contributed by atoms with E-state index in [9.17, 15) is 22.8 Å². The average Bonchev–Trinajstić information content (AvgIpc) is 2.80. The molecule has 0 bridgehead atoms. The number of carbonyl (C=O) groups is 3. The number of hydrogen-bond donors (Lipinski definition) is 0. The Morgan fingerprint density at radius 2 is 1.45 bits per heavy atom. The molecule has 7 nitrogen and oxygen atoms in total. The van der Waals surface area contributed by atoms with Gasteiger partial charge in [-0.2, -0.15) is 0 Å². The zero-order valence-electron chi connectivity index (χ0n) is 16.3. The number of sulfone groups is 1. The molecule has 1 heterocycles. The van der Waals surface area contributed by atoms with Crippen LogP contribution in [-0.2, 0) is 25.9 Å². The van der Waals surface area contributed by atoms with Crippen molar-refractivity contribution in [1.29, 1.82) is 0 Å². The van der Waals surface area contributed by atoms with Crippen LogP contribution >= 0.6 is 0 Å². The van der Waals surface area contributed by atoms with Crippen molar-refractivity contribution in [2.75, 3.05) is 7.11 Å². The van der Waals surface area contributed by atoms with Crippen LogP contribution in [0, 0.1) is 0 Å². The van der Waals surface area contributed by atoms with Crippen LogP contribution in [0.3, 0.4) is 0 Å². The largest absolute Gasteiger partial charge is 0.465 e. The Balaban J connectivity index is 1.56. The zero-order chi connectivity index (χ0) is 22.2. The molecule has 0 fully saturated rings. The average molecular weight is 436 g/mol. The first kappa shape index (κ1) is 20.5. The fourth-order valence-corrected chi connectivity index (χ4v) is 4.98. The summed E-state index contributed by atoms with van der Waals surface area (Å²) in [5.41, 5.74) is 1.15. The molecule has 0 unspecified atom stereocenters. The van der Waals surface area contributed by atoms with E-state index in [1.165, 1.54) is 43.5 Å². The highest BCUT2D eigenvalue weighted by Crippen LogP contribution is 2.34. The van der Waals surface area contributed by atoms with Gasteiger partial charge in [0.25, 0.3) is 0 Å². The normalized spacial score (nSPS) is 13.6. The van der Waals surface area contributed by atoms with Gasteiger partial charge in [0.1, 0.15) is 6.61 Å². The summed E-state index contributed by atoms with van der Waals surface area (Å²) in [5.74, 6) is -1.62. The lowest BCUT2D eigenvalue weighted by molar-refractivity contribution is 0.0471. The molecule has 0 amide bonds. The number of benzene rings is 3. The second kappa shape index (κ2) is 7.81. The first-order chi connectivity index (χ1) is 14.8. The topological polar surface area (TPSA) is 104 Å². The summed E-state index contributed by atoms with van der Waals surface area (Å²) in [5, 5.41) is 0. The number of rotatable bonds is 4. The first-order valence-corrected chi connectivity index (χ1v) is 10.7. The van der Waals surface area contributed by atoms with Crippen LogP contribution in [0.15, 0.2) is 76.5 Å². The van der Waals surface area contributed by atoms with Gasteiger partial charge in [0.2, 0.25) is 9.84 Å². The van der Waals surface area contributed by atoms with Crippen molar-refractivity contribution in [3.8, 4) is 0 Å². The van der Waals surface area contributed by atoms with E-state index in [0.29, 0.717) is 11.1 Å². The molecule has 156 valence electrons. The highest BCUT2D eigenvalue weighted by atomic mass is 32.2. The minimum Gasteiger partial charge on any atom is -0.465 e. The van der Waals surface area contributed by atoms with Gasteiger partial charge in [0.05, 0.1) is 28.0 Å². The maximum absolute atomic E-state index is 13.0.